The summed E-state index contributed by atoms with van der Waals surface area (Å²) < 4.78 is 0. The van der Waals surface area contributed by atoms with Gasteiger partial charge in [-0.1, -0.05) is 44.2 Å². The lowest BCUT2D eigenvalue weighted by Crippen LogP contribution is -2.58. The van der Waals surface area contributed by atoms with Crippen LogP contribution in [0.25, 0.3) is 0 Å². The zero-order valence-electron chi connectivity index (χ0n) is 23.5. The number of amides is 4. The molecule has 41 heavy (non-hydrogen) atoms. The van der Waals surface area contributed by atoms with Crippen LogP contribution in [0.1, 0.15) is 45.1 Å². The van der Waals surface area contributed by atoms with Crippen molar-refractivity contribution >= 4 is 35.6 Å². The summed E-state index contributed by atoms with van der Waals surface area (Å²) in [5, 5.41) is 26.4. The molecule has 0 unspecified atom stereocenters. The summed E-state index contributed by atoms with van der Waals surface area (Å²) in [6.07, 6.45) is 1.88. The third-order valence-electron chi connectivity index (χ3n) is 6.74. The van der Waals surface area contributed by atoms with E-state index in [2.05, 4.69) is 21.3 Å². The first kappa shape index (κ1) is 33.0. The number of likely N-dealkylation sites (tertiary alicyclic amines) is 1. The number of aliphatic carboxylic acids is 1. The number of nitrogens with one attached hydrogen (secondary N) is 5. The van der Waals surface area contributed by atoms with Crippen LogP contribution >= 0.6 is 0 Å². The molecule has 0 bridgehead atoms. The van der Waals surface area contributed by atoms with Crippen LogP contribution in [0.4, 0.5) is 0 Å². The number of hydrogen-bond acceptors (Lipinski definition) is 7. The molecule has 10 N–H and O–H groups in total. The summed E-state index contributed by atoms with van der Waals surface area (Å²) in [4.78, 5) is 64.8. The molecule has 1 saturated heterocycles. The molecule has 0 aromatic heterocycles. The van der Waals surface area contributed by atoms with E-state index < -0.39 is 60.3 Å². The number of benzene rings is 1. The molecule has 1 fully saturated rings. The van der Waals surface area contributed by atoms with Gasteiger partial charge in [0, 0.05) is 19.5 Å². The SMILES string of the molecule is CC(C)[C@@H](NC(=O)[C@H]1CCCN1C(=O)[C@@H](Cc1ccccc1)NC(=O)[C@H](N)CCCNC(=N)N)C(=O)NCC(=O)O. The Labute approximate surface area is 239 Å². The van der Waals surface area contributed by atoms with Gasteiger partial charge >= 0.3 is 5.97 Å². The molecule has 0 aliphatic carbocycles. The maximum absolute atomic E-state index is 13.8. The molecular weight excluding hydrogens is 532 g/mol. The van der Waals surface area contributed by atoms with Gasteiger partial charge in [0.15, 0.2) is 5.96 Å². The molecule has 1 aliphatic heterocycles. The molecule has 4 amide bonds. The molecule has 226 valence electrons. The van der Waals surface area contributed by atoms with E-state index in [1.165, 1.54) is 4.90 Å². The fourth-order valence-electron chi connectivity index (χ4n) is 4.57. The van der Waals surface area contributed by atoms with Gasteiger partial charge in [0.2, 0.25) is 23.6 Å². The first-order valence-electron chi connectivity index (χ1n) is 13.7. The second-order valence-electron chi connectivity index (χ2n) is 10.4. The Bertz CT molecular complexity index is 1080. The Morgan fingerprint density at radius 3 is 2.37 bits per heavy atom. The summed E-state index contributed by atoms with van der Waals surface area (Å²) in [6, 6.07) is 5.39. The highest BCUT2D eigenvalue weighted by molar-refractivity contribution is 5.95. The molecule has 4 atom stereocenters. The molecule has 0 radical (unpaired) electrons. The minimum atomic E-state index is -1.21. The number of carbonyl (C=O) groups is 5. The van der Waals surface area contributed by atoms with Gasteiger partial charge < -0.3 is 42.7 Å². The van der Waals surface area contributed by atoms with Crippen LogP contribution in [0, 0.1) is 11.3 Å². The predicted molar refractivity (Wildman–Crippen MR) is 151 cm³/mol. The molecular formula is C27H42N8O6. The van der Waals surface area contributed by atoms with Crippen molar-refractivity contribution in [1.82, 2.24) is 26.2 Å². The number of carboxylic acids is 1. The van der Waals surface area contributed by atoms with Gasteiger partial charge in [-0.2, -0.15) is 0 Å². The van der Waals surface area contributed by atoms with E-state index >= 15 is 0 Å². The van der Waals surface area contributed by atoms with Crippen molar-refractivity contribution in [2.75, 3.05) is 19.6 Å². The zero-order chi connectivity index (χ0) is 30.5. The maximum atomic E-state index is 13.8. The Hall–Kier alpha value is -4.20. The van der Waals surface area contributed by atoms with Gasteiger partial charge in [-0.05, 0) is 37.2 Å². The van der Waals surface area contributed by atoms with Crippen LogP contribution in [0.2, 0.25) is 0 Å². The highest BCUT2D eigenvalue weighted by atomic mass is 16.4. The van der Waals surface area contributed by atoms with Gasteiger partial charge in [0.25, 0.3) is 0 Å². The van der Waals surface area contributed by atoms with E-state index in [-0.39, 0.29) is 18.3 Å². The maximum Gasteiger partial charge on any atom is 0.322 e. The topological polar surface area (TPSA) is 233 Å². The highest BCUT2D eigenvalue weighted by Crippen LogP contribution is 2.20. The number of rotatable bonds is 15. The lowest BCUT2D eigenvalue weighted by molar-refractivity contribution is -0.142. The molecule has 1 heterocycles. The second kappa shape index (κ2) is 16.2. The normalized spacial score (nSPS) is 16.8. The molecule has 0 spiro atoms. The molecule has 0 saturated carbocycles. The Morgan fingerprint density at radius 1 is 1.07 bits per heavy atom. The second-order valence-corrected chi connectivity index (χ2v) is 10.4. The first-order chi connectivity index (χ1) is 19.4. The third kappa shape index (κ3) is 10.7. The van der Waals surface area contributed by atoms with Gasteiger partial charge in [0.1, 0.15) is 24.7 Å². The lowest BCUT2D eigenvalue weighted by atomic mass is 10.0. The van der Waals surface area contributed by atoms with Gasteiger partial charge in [-0.25, -0.2) is 0 Å². The van der Waals surface area contributed by atoms with Crippen molar-refractivity contribution in [2.45, 2.75) is 70.1 Å². The van der Waals surface area contributed by atoms with E-state index in [1.807, 2.05) is 30.3 Å². The molecule has 1 aromatic carbocycles. The smallest absolute Gasteiger partial charge is 0.322 e. The van der Waals surface area contributed by atoms with Crippen LogP contribution in [0.5, 0.6) is 0 Å². The third-order valence-corrected chi connectivity index (χ3v) is 6.74. The standard InChI is InChI=1S/C27H42N8O6/c1-16(2)22(25(40)32-15-21(36)37)34-24(39)20-11-7-13-35(20)26(41)19(14-17-8-4-3-5-9-17)33-23(38)18(28)10-6-12-31-27(29)30/h3-5,8-9,16,18-20,22H,6-7,10-15,28H2,1-2H3,(H,32,40)(H,33,38)(H,34,39)(H,36,37)(H4,29,30,31)/t18-,19-,20-,22-/m1/s1. The number of carbonyl (C=O) groups excluding carboxylic acids is 4. The summed E-state index contributed by atoms with van der Waals surface area (Å²) in [7, 11) is 0. The van der Waals surface area contributed by atoms with Crippen LogP contribution in [0.15, 0.2) is 30.3 Å². The van der Waals surface area contributed by atoms with Gasteiger partial charge in [-0.3, -0.25) is 29.4 Å². The largest absolute Gasteiger partial charge is 0.480 e. The van der Waals surface area contributed by atoms with Crippen LogP contribution in [-0.4, -0.2) is 89.4 Å². The highest BCUT2D eigenvalue weighted by Gasteiger charge is 2.39. The van der Waals surface area contributed by atoms with Crippen molar-refractivity contribution in [3.05, 3.63) is 35.9 Å². The summed E-state index contributed by atoms with van der Waals surface area (Å²) in [5.41, 5.74) is 12.1. The lowest BCUT2D eigenvalue weighted by Gasteiger charge is -2.31. The van der Waals surface area contributed by atoms with Crippen LogP contribution in [-0.2, 0) is 30.4 Å². The summed E-state index contributed by atoms with van der Waals surface area (Å²) >= 11 is 0. The van der Waals surface area contributed by atoms with E-state index in [9.17, 15) is 24.0 Å². The van der Waals surface area contributed by atoms with Gasteiger partial charge in [-0.15, -0.1) is 0 Å². The summed E-state index contributed by atoms with van der Waals surface area (Å²) in [5.74, 6) is -3.84. The minimum Gasteiger partial charge on any atom is -0.480 e. The Morgan fingerprint density at radius 2 is 1.76 bits per heavy atom. The molecule has 2 rings (SSSR count). The Kier molecular flexibility index (Phi) is 13.0. The minimum absolute atomic E-state index is 0.179. The van der Waals surface area contributed by atoms with E-state index in [0.717, 1.165) is 5.56 Å². The number of nitrogens with two attached hydrogens (primary N) is 2. The van der Waals surface area contributed by atoms with Crippen molar-refractivity contribution in [1.29, 1.82) is 5.41 Å². The zero-order valence-corrected chi connectivity index (χ0v) is 23.5. The van der Waals surface area contributed by atoms with Crippen LogP contribution in [0.3, 0.4) is 0 Å². The molecule has 1 aromatic rings. The van der Waals surface area contributed by atoms with Crippen LogP contribution < -0.4 is 32.7 Å². The number of guanidine groups is 1. The summed E-state index contributed by atoms with van der Waals surface area (Å²) in [6.45, 7) is 3.51. The first-order valence-corrected chi connectivity index (χ1v) is 13.7. The average molecular weight is 575 g/mol. The number of nitrogens with zero attached hydrogens (tertiary/aromatic N) is 1. The predicted octanol–water partition coefficient (Wildman–Crippen LogP) is -1.36. The molecule has 14 heteroatoms. The van der Waals surface area contributed by atoms with Gasteiger partial charge in [0.05, 0.1) is 6.04 Å². The molecule has 1 aliphatic rings. The number of hydrogen-bond donors (Lipinski definition) is 8. The average Bonchev–Trinajstić information content (AvgIpc) is 3.42. The Balaban J connectivity index is 2.15. The van der Waals surface area contributed by atoms with E-state index in [4.69, 9.17) is 22.0 Å². The quantitative estimate of drug-likeness (QED) is 0.0700. The fourth-order valence-corrected chi connectivity index (χ4v) is 4.57. The van der Waals surface area contributed by atoms with Crippen molar-refractivity contribution in [3.63, 3.8) is 0 Å². The molecule has 14 nitrogen and oxygen atoms in total. The fraction of sp³-hybridized carbons (Fsp3) is 0.556. The van der Waals surface area contributed by atoms with E-state index in [0.29, 0.717) is 38.8 Å². The van der Waals surface area contributed by atoms with E-state index in [1.54, 1.807) is 13.8 Å². The van der Waals surface area contributed by atoms with Crippen molar-refractivity contribution in [2.24, 2.45) is 17.4 Å². The van der Waals surface area contributed by atoms with Crippen molar-refractivity contribution < 1.29 is 29.1 Å². The van der Waals surface area contributed by atoms with Crippen molar-refractivity contribution in [3.8, 4) is 0 Å². The monoisotopic (exact) mass is 574 g/mol. The number of carboxylic acid groups (broad SMARTS) is 1.